The van der Waals surface area contributed by atoms with Gasteiger partial charge in [0, 0.05) is 0 Å². The molecule has 9 heteroatoms. The number of hydrogen-bond acceptors (Lipinski definition) is 4. The zero-order valence-corrected chi connectivity index (χ0v) is 14.4. The fourth-order valence-corrected chi connectivity index (χ4v) is 2.05. The molecule has 0 radical (unpaired) electrons. The molecule has 0 fully saturated rings. The Bertz CT molecular complexity index is 813. The Morgan fingerprint density at radius 2 is 1.59 bits per heavy atom. The molecule has 0 saturated heterocycles. The summed E-state index contributed by atoms with van der Waals surface area (Å²) in [6.45, 7) is -0.107. The molecule has 0 bridgehead atoms. The first-order valence-corrected chi connectivity index (χ1v) is 7.87. The van der Waals surface area contributed by atoms with Crippen molar-refractivity contribution in [1.82, 2.24) is 10.6 Å². The maximum atomic E-state index is 13.5. The van der Waals surface area contributed by atoms with Gasteiger partial charge in [-0.3, -0.25) is 9.59 Å². The monoisotopic (exact) mass is 382 g/mol. The van der Waals surface area contributed by atoms with Crippen molar-refractivity contribution < 1.29 is 32.2 Å². The van der Waals surface area contributed by atoms with Gasteiger partial charge in [0.15, 0.2) is 17.5 Å². The highest BCUT2D eigenvalue weighted by atomic mass is 19.2. The second-order valence-electron chi connectivity index (χ2n) is 5.28. The molecule has 0 spiro atoms. The van der Waals surface area contributed by atoms with Crippen LogP contribution in [0.1, 0.15) is 10.4 Å². The molecule has 6 nitrogen and oxygen atoms in total. The number of nitrogens with one attached hydrogen (secondary N) is 2. The zero-order valence-electron chi connectivity index (χ0n) is 14.4. The van der Waals surface area contributed by atoms with E-state index in [4.69, 9.17) is 9.47 Å². The molecule has 2 amide bonds. The third-order valence-corrected chi connectivity index (χ3v) is 3.44. The lowest BCUT2D eigenvalue weighted by Gasteiger charge is -2.09. The van der Waals surface area contributed by atoms with Crippen molar-refractivity contribution in [2.24, 2.45) is 0 Å². The average molecular weight is 382 g/mol. The SMILES string of the molecule is COc1ccc(OCCNC(=O)CNC(=O)c2ccc(F)c(F)c2F)cc1. The molecule has 2 N–H and O–H groups in total. The normalized spacial score (nSPS) is 10.2. The van der Waals surface area contributed by atoms with Crippen LogP contribution in [0.4, 0.5) is 13.2 Å². The van der Waals surface area contributed by atoms with Crippen LogP contribution < -0.4 is 20.1 Å². The third-order valence-electron chi connectivity index (χ3n) is 3.44. The number of methoxy groups -OCH3 is 1. The van der Waals surface area contributed by atoms with Gasteiger partial charge in [-0.05, 0) is 36.4 Å². The smallest absolute Gasteiger partial charge is 0.254 e. The zero-order chi connectivity index (χ0) is 19.8. The molecule has 27 heavy (non-hydrogen) atoms. The molecule has 2 rings (SSSR count). The van der Waals surface area contributed by atoms with E-state index in [2.05, 4.69) is 10.6 Å². The van der Waals surface area contributed by atoms with E-state index in [0.29, 0.717) is 17.6 Å². The molecule has 2 aromatic carbocycles. The first-order valence-electron chi connectivity index (χ1n) is 7.87. The molecule has 2 aromatic rings. The number of ether oxygens (including phenoxy) is 2. The molecule has 144 valence electrons. The van der Waals surface area contributed by atoms with Gasteiger partial charge in [0.2, 0.25) is 5.91 Å². The lowest BCUT2D eigenvalue weighted by atomic mass is 10.2. The van der Waals surface area contributed by atoms with Crippen LogP contribution in [-0.2, 0) is 4.79 Å². The van der Waals surface area contributed by atoms with Crippen molar-refractivity contribution in [2.45, 2.75) is 0 Å². The first kappa shape index (κ1) is 20.1. The summed E-state index contributed by atoms with van der Waals surface area (Å²) < 4.78 is 49.9. The Labute approximate surface area is 153 Å². The van der Waals surface area contributed by atoms with E-state index in [1.54, 1.807) is 31.4 Å². The number of hydrogen-bond donors (Lipinski definition) is 2. The maximum Gasteiger partial charge on any atom is 0.254 e. The molecular weight excluding hydrogens is 365 g/mol. The lowest BCUT2D eigenvalue weighted by Crippen LogP contribution is -2.38. The maximum absolute atomic E-state index is 13.5. The fraction of sp³-hybridized carbons (Fsp3) is 0.222. The number of halogens is 3. The second kappa shape index (κ2) is 9.46. The van der Waals surface area contributed by atoms with Crippen LogP contribution in [0, 0.1) is 17.5 Å². The van der Waals surface area contributed by atoms with E-state index in [0.717, 1.165) is 6.07 Å². The van der Waals surface area contributed by atoms with Gasteiger partial charge >= 0.3 is 0 Å². The van der Waals surface area contributed by atoms with Crippen molar-refractivity contribution in [1.29, 1.82) is 0 Å². The number of carbonyl (C=O) groups excluding carboxylic acids is 2. The predicted molar refractivity (Wildman–Crippen MR) is 90.1 cm³/mol. The predicted octanol–water partition coefficient (Wildman–Crippen LogP) is 2.04. The lowest BCUT2D eigenvalue weighted by molar-refractivity contribution is -0.120. The van der Waals surface area contributed by atoms with Gasteiger partial charge in [0.05, 0.1) is 25.8 Å². The van der Waals surface area contributed by atoms with E-state index < -0.39 is 41.4 Å². The minimum absolute atomic E-state index is 0.167. The third kappa shape index (κ3) is 5.63. The Balaban J connectivity index is 1.71. The van der Waals surface area contributed by atoms with E-state index in [9.17, 15) is 22.8 Å². The second-order valence-corrected chi connectivity index (χ2v) is 5.28. The average Bonchev–Trinajstić information content (AvgIpc) is 2.68. The van der Waals surface area contributed by atoms with Gasteiger partial charge in [-0.15, -0.1) is 0 Å². The summed E-state index contributed by atoms with van der Waals surface area (Å²) in [4.78, 5) is 23.4. The number of benzene rings is 2. The van der Waals surface area contributed by atoms with Gasteiger partial charge in [-0.1, -0.05) is 0 Å². The summed E-state index contributed by atoms with van der Waals surface area (Å²) in [7, 11) is 1.55. The summed E-state index contributed by atoms with van der Waals surface area (Å²) >= 11 is 0. The largest absolute Gasteiger partial charge is 0.497 e. The Hall–Kier alpha value is -3.23. The molecule has 0 aromatic heterocycles. The van der Waals surface area contributed by atoms with Crippen LogP contribution in [0.25, 0.3) is 0 Å². The fourth-order valence-electron chi connectivity index (χ4n) is 2.05. The van der Waals surface area contributed by atoms with Gasteiger partial charge in [-0.25, -0.2) is 13.2 Å². The van der Waals surface area contributed by atoms with Crippen molar-refractivity contribution in [3.63, 3.8) is 0 Å². The minimum atomic E-state index is -1.75. The molecule has 0 saturated carbocycles. The van der Waals surface area contributed by atoms with Gasteiger partial charge in [-0.2, -0.15) is 0 Å². The van der Waals surface area contributed by atoms with E-state index in [1.807, 2.05) is 0 Å². The molecule has 0 heterocycles. The highest BCUT2D eigenvalue weighted by Crippen LogP contribution is 2.17. The van der Waals surface area contributed by atoms with Gasteiger partial charge in [0.1, 0.15) is 18.1 Å². The van der Waals surface area contributed by atoms with Crippen LogP contribution in [0.3, 0.4) is 0 Å². The van der Waals surface area contributed by atoms with Crippen molar-refractivity contribution in [3.05, 3.63) is 59.4 Å². The summed E-state index contributed by atoms with van der Waals surface area (Å²) in [6.07, 6.45) is 0. The van der Waals surface area contributed by atoms with Crippen LogP contribution in [-0.4, -0.2) is 38.6 Å². The molecule has 0 atom stereocenters. The number of rotatable bonds is 8. The summed E-state index contributed by atoms with van der Waals surface area (Å²) in [5.41, 5.74) is -0.690. The quantitative estimate of drug-likeness (QED) is 0.541. The Morgan fingerprint density at radius 1 is 0.926 bits per heavy atom. The van der Waals surface area contributed by atoms with E-state index >= 15 is 0 Å². The van der Waals surface area contributed by atoms with Gasteiger partial charge in [0.25, 0.3) is 5.91 Å². The number of carbonyl (C=O) groups is 2. The minimum Gasteiger partial charge on any atom is -0.497 e. The van der Waals surface area contributed by atoms with Crippen molar-refractivity contribution in [3.8, 4) is 11.5 Å². The summed E-state index contributed by atoms with van der Waals surface area (Å²) in [5, 5.41) is 4.61. The molecular formula is C18H17F3N2O4. The molecule has 0 aliphatic rings. The van der Waals surface area contributed by atoms with Gasteiger partial charge < -0.3 is 20.1 Å². The molecule has 0 aliphatic carbocycles. The summed E-state index contributed by atoms with van der Waals surface area (Å²) in [5.74, 6) is -5.07. The first-order chi connectivity index (χ1) is 12.9. The molecule has 0 aliphatic heterocycles. The van der Waals surface area contributed by atoms with Crippen LogP contribution in [0.5, 0.6) is 11.5 Å². The topological polar surface area (TPSA) is 76.7 Å². The highest BCUT2D eigenvalue weighted by Gasteiger charge is 2.19. The van der Waals surface area contributed by atoms with Crippen molar-refractivity contribution >= 4 is 11.8 Å². The van der Waals surface area contributed by atoms with Crippen LogP contribution in [0.2, 0.25) is 0 Å². The van der Waals surface area contributed by atoms with Crippen LogP contribution >= 0.6 is 0 Å². The Morgan fingerprint density at radius 3 is 2.26 bits per heavy atom. The van der Waals surface area contributed by atoms with E-state index in [1.165, 1.54) is 0 Å². The molecule has 0 unspecified atom stereocenters. The summed E-state index contributed by atoms with van der Waals surface area (Å²) in [6, 6.07) is 8.28. The van der Waals surface area contributed by atoms with E-state index in [-0.39, 0.29) is 13.2 Å². The van der Waals surface area contributed by atoms with Crippen LogP contribution in [0.15, 0.2) is 36.4 Å². The highest BCUT2D eigenvalue weighted by molar-refractivity contribution is 5.96. The number of amides is 2. The van der Waals surface area contributed by atoms with Crippen molar-refractivity contribution in [2.75, 3.05) is 26.8 Å². The Kier molecular flexibility index (Phi) is 7.04. The standard InChI is InChI=1S/C18H17F3N2O4/c1-26-11-2-4-12(5-3-11)27-9-8-22-15(24)10-23-18(25)13-6-7-14(19)17(21)16(13)20/h2-7H,8-10H2,1H3,(H,22,24)(H,23,25).